The standard InChI is InChI=1S/C7H10O/c1-3-4-7(2)5-8-6-7/h1H,4-6H2,2H3. The van der Waals surface area contributed by atoms with Crippen LogP contribution in [0.5, 0.6) is 0 Å². The Kier molecular flexibility index (Phi) is 1.27. The summed E-state index contributed by atoms with van der Waals surface area (Å²) in [5.41, 5.74) is 0.314. The summed E-state index contributed by atoms with van der Waals surface area (Å²) in [4.78, 5) is 0. The maximum absolute atomic E-state index is 5.12. The van der Waals surface area contributed by atoms with Crippen molar-refractivity contribution in [2.75, 3.05) is 13.2 Å². The molecule has 1 rings (SSSR count). The van der Waals surface area contributed by atoms with Gasteiger partial charge < -0.3 is 4.74 Å². The van der Waals surface area contributed by atoms with Crippen LogP contribution in [0.25, 0.3) is 0 Å². The molecule has 1 fully saturated rings. The summed E-state index contributed by atoms with van der Waals surface area (Å²) < 4.78 is 4.99. The molecule has 0 unspecified atom stereocenters. The molecule has 0 bridgehead atoms. The van der Waals surface area contributed by atoms with Crippen LogP contribution in [0.2, 0.25) is 0 Å². The van der Waals surface area contributed by atoms with Crippen molar-refractivity contribution in [1.29, 1.82) is 0 Å². The summed E-state index contributed by atoms with van der Waals surface area (Å²) in [6.07, 6.45) is 5.97. The number of terminal acetylenes is 1. The van der Waals surface area contributed by atoms with Gasteiger partial charge in [0, 0.05) is 11.8 Å². The van der Waals surface area contributed by atoms with E-state index in [1.165, 1.54) is 0 Å². The average Bonchev–Trinajstić information content (AvgIpc) is 1.64. The summed E-state index contributed by atoms with van der Waals surface area (Å²) in [6, 6.07) is 0. The molecule has 0 atom stereocenters. The van der Waals surface area contributed by atoms with Gasteiger partial charge in [0.2, 0.25) is 0 Å². The van der Waals surface area contributed by atoms with Crippen LogP contribution in [0.15, 0.2) is 0 Å². The van der Waals surface area contributed by atoms with Crippen molar-refractivity contribution in [3.63, 3.8) is 0 Å². The number of rotatable bonds is 1. The molecule has 1 heterocycles. The van der Waals surface area contributed by atoms with Gasteiger partial charge in [-0.3, -0.25) is 0 Å². The third-order valence-electron chi connectivity index (χ3n) is 1.43. The molecule has 0 radical (unpaired) electrons. The van der Waals surface area contributed by atoms with E-state index in [0.29, 0.717) is 5.41 Å². The Labute approximate surface area is 50.0 Å². The number of hydrogen-bond acceptors (Lipinski definition) is 1. The lowest BCUT2D eigenvalue weighted by Gasteiger charge is -2.36. The van der Waals surface area contributed by atoms with Gasteiger partial charge in [-0.1, -0.05) is 6.92 Å². The normalized spacial score (nSPS) is 23.5. The summed E-state index contributed by atoms with van der Waals surface area (Å²) >= 11 is 0. The zero-order valence-corrected chi connectivity index (χ0v) is 5.11. The van der Waals surface area contributed by atoms with E-state index in [4.69, 9.17) is 11.2 Å². The molecule has 0 saturated carbocycles. The second-order valence-electron chi connectivity index (χ2n) is 2.68. The third-order valence-corrected chi connectivity index (χ3v) is 1.43. The molecule has 0 aromatic carbocycles. The van der Waals surface area contributed by atoms with Gasteiger partial charge in [-0.15, -0.1) is 12.3 Å². The second-order valence-corrected chi connectivity index (χ2v) is 2.68. The summed E-state index contributed by atoms with van der Waals surface area (Å²) in [6.45, 7) is 3.84. The van der Waals surface area contributed by atoms with Crippen molar-refractivity contribution in [3.05, 3.63) is 0 Å². The van der Waals surface area contributed by atoms with Gasteiger partial charge in [-0.25, -0.2) is 0 Å². The molecular weight excluding hydrogens is 100 g/mol. The lowest BCUT2D eigenvalue weighted by Crippen LogP contribution is -2.39. The molecule has 0 aliphatic carbocycles. The monoisotopic (exact) mass is 110 g/mol. The van der Waals surface area contributed by atoms with E-state index in [-0.39, 0.29) is 0 Å². The van der Waals surface area contributed by atoms with Crippen LogP contribution in [0.1, 0.15) is 13.3 Å². The Bertz CT molecular complexity index is 117. The minimum Gasteiger partial charge on any atom is -0.380 e. The highest BCUT2D eigenvalue weighted by molar-refractivity contribution is 4.95. The maximum atomic E-state index is 5.12. The topological polar surface area (TPSA) is 9.23 Å². The van der Waals surface area contributed by atoms with E-state index in [1.54, 1.807) is 0 Å². The van der Waals surface area contributed by atoms with E-state index in [1.807, 2.05) is 0 Å². The predicted molar refractivity (Wildman–Crippen MR) is 32.4 cm³/mol. The SMILES string of the molecule is C#CCC1(C)COC1. The lowest BCUT2D eigenvalue weighted by molar-refractivity contribution is -0.0977. The predicted octanol–water partition coefficient (Wildman–Crippen LogP) is 1.05. The Balaban J connectivity index is 2.33. The fraction of sp³-hybridized carbons (Fsp3) is 0.714. The van der Waals surface area contributed by atoms with E-state index in [9.17, 15) is 0 Å². The van der Waals surface area contributed by atoms with Crippen molar-refractivity contribution in [3.8, 4) is 12.3 Å². The molecule has 1 saturated heterocycles. The molecule has 0 aromatic heterocycles. The van der Waals surface area contributed by atoms with Gasteiger partial charge in [0.25, 0.3) is 0 Å². The van der Waals surface area contributed by atoms with Gasteiger partial charge in [-0.05, 0) is 0 Å². The molecular formula is C7H10O. The largest absolute Gasteiger partial charge is 0.380 e. The van der Waals surface area contributed by atoms with Crippen molar-refractivity contribution in [2.24, 2.45) is 5.41 Å². The maximum Gasteiger partial charge on any atom is 0.0551 e. The van der Waals surface area contributed by atoms with Crippen LogP contribution in [0.3, 0.4) is 0 Å². The van der Waals surface area contributed by atoms with Crippen LogP contribution in [-0.4, -0.2) is 13.2 Å². The highest BCUT2D eigenvalue weighted by Gasteiger charge is 2.31. The van der Waals surface area contributed by atoms with E-state index in [2.05, 4.69) is 12.8 Å². The first-order valence-electron chi connectivity index (χ1n) is 2.78. The Morgan fingerprint density at radius 2 is 2.38 bits per heavy atom. The molecule has 0 aromatic rings. The van der Waals surface area contributed by atoms with Crippen LogP contribution in [0.4, 0.5) is 0 Å². The van der Waals surface area contributed by atoms with Crippen molar-refractivity contribution in [2.45, 2.75) is 13.3 Å². The van der Waals surface area contributed by atoms with Gasteiger partial charge in [0.1, 0.15) is 0 Å². The fourth-order valence-electron chi connectivity index (χ4n) is 0.799. The zero-order valence-electron chi connectivity index (χ0n) is 5.11. The summed E-state index contributed by atoms with van der Waals surface area (Å²) in [5, 5.41) is 0. The van der Waals surface area contributed by atoms with Crippen molar-refractivity contribution in [1.82, 2.24) is 0 Å². The third kappa shape index (κ3) is 0.850. The first-order valence-corrected chi connectivity index (χ1v) is 2.78. The first kappa shape index (κ1) is 5.65. The molecule has 1 aliphatic heterocycles. The summed E-state index contributed by atoms with van der Waals surface area (Å²) in [7, 11) is 0. The first-order chi connectivity index (χ1) is 3.77. The van der Waals surface area contributed by atoms with Gasteiger partial charge >= 0.3 is 0 Å². The molecule has 0 N–H and O–H groups in total. The Morgan fingerprint density at radius 3 is 2.50 bits per heavy atom. The summed E-state index contributed by atoms with van der Waals surface area (Å²) in [5.74, 6) is 2.63. The minimum absolute atomic E-state index is 0.314. The quantitative estimate of drug-likeness (QED) is 0.458. The van der Waals surface area contributed by atoms with Crippen LogP contribution in [0, 0.1) is 17.8 Å². The molecule has 1 nitrogen and oxygen atoms in total. The molecule has 8 heavy (non-hydrogen) atoms. The molecule has 44 valence electrons. The fourth-order valence-corrected chi connectivity index (χ4v) is 0.799. The molecule has 1 heteroatoms. The minimum atomic E-state index is 0.314. The van der Waals surface area contributed by atoms with Crippen LogP contribution < -0.4 is 0 Å². The van der Waals surface area contributed by atoms with Gasteiger partial charge in [0.05, 0.1) is 13.2 Å². The number of ether oxygens (including phenoxy) is 1. The zero-order chi connectivity index (χ0) is 6.04. The van der Waals surface area contributed by atoms with Crippen LogP contribution in [-0.2, 0) is 4.74 Å². The van der Waals surface area contributed by atoms with E-state index in [0.717, 1.165) is 19.6 Å². The Morgan fingerprint density at radius 1 is 1.75 bits per heavy atom. The van der Waals surface area contributed by atoms with Gasteiger partial charge in [-0.2, -0.15) is 0 Å². The average molecular weight is 110 g/mol. The highest BCUT2D eigenvalue weighted by Crippen LogP contribution is 2.29. The van der Waals surface area contributed by atoms with Crippen molar-refractivity contribution < 1.29 is 4.74 Å². The molecule has 1 aliphatic rings. The molecule has 0 spiro atoms. The lowest BCUT2D eigenvalue weighted by atomic mass is 9.85. The van der Waals surface area contributed by atoms with E-state index >= 15 is 0 Å². The Hall–Kier alpha value is -0.480. The van der Waals surface area contributed by atoms with Crippen LogP contribution >= 0.6 is 0 Å². The second kappa shape index (κ2) is 1.80. The van der Waals surface area contributed by atoms with Gasteiger partial charge in [0.15, 0.2) is 0 Å². The number of hydrogen-bond donors (Lipinski definition) is 0. The highest BCUT2D eigenvalue weighted by atomic mass is 16.5. The molecule has 0 amide bonds. The smallest absolute Gasteiger partial charge is 0.0551 e. The van der Waals surface area contributed by atoms with E-state index < -0.39 is 0 Å². The van der Waals surface area contributed by atoms with Crippen molar-refractivity contribution >= 4 is 0 Å².